The van der Waals surface area contributed by atoms with Crippen LogP contribution in [-0.4, -0.2) is 36.2 Å². The number of hydrogen-bond acceptors (Lipinski definition) is 3. The van der Waals surface area contributed by atoms with Gasteiger partial charge < -0.3 is 21.1 Å². The van der Waals surface area contributed by atoms with Crippen molar-refractivity contribution in [2.45, 2.75) is 32.9 Å². The molecular weight excluding hydrogens is 282 g/mol. The summed E-state index contributed by atoms with van der Waals surface area (Å²) in [7, 11) is 0. The van der Waals surface area contributed by atoms with Gasteiger partial charge in [0, 0.05) is 19.7 Å². The zero-order valence-corrected chi connectivity index (χ0v) is 13.1. The van der Waals surface area contributed by atoms with Crippen LogP contribution in [0.4, 0.5) is 4.79 Å². The lowest BCUT2D eigenvalue weighted by molar-refractivity contribution is -0.123. The van der Waals surface area contributed by atoms with Crippen LogP contribution in [0, 0.1) is 5.92 Å². The zero-order chi connectivity index (χ0) is 16.4. The molecule has 3 amide bonds. The highest BCUT2D eigenvalue weighted by atomic mass is 16.3. The van der Waals surface area contributed by atoms with Crippen LogP contribution in [0.1, 0.15) is 25.8 Å². The van der Waals surface area contributed by atoms with Crippen LogP contribution in [-0.2, 0) is 11.3 Å². The second-order valence-electron chi connectivity index (χ2n) is 5.40. The number of hydrogen-bond donors (Lipinski definition) is 4. The van der Waals surface area contributed by atoms with Crippen LogP contribution in [0.3, 0.4) is 0 Å². The first kappa shape index (κ1) is 18.0. The molecule has 6 nitrogen and oxygen atoms in total. The number of carbonyl (C=O) groups excluding carboxylic acids is 2. The molecule has 0 aromatic heterocycles. The molecular formula is C16H25N3O3. The molecule has 1 aromatic carbocycles. The quantitative estimate of drug-likeness (QED) is 0.540. The van der Waals surface area contributed by atoms with Gasteiger partial charge in [-0.1, -0.05) is 44.2 Å². The molecule has 0 fully saturated rings. The third-order valence-electron chi connectivity index (χ3n) is 3.17. The highest BCUT2D eigenvalue weighted by molar-refractivity contribution is 5.87. The maximum atomic E-state index is 12.0. The number of benzene rings is 1. The molecule has 1 atom stereocenters. The maximum Gasteiger partial charge on any atom is 0.315 e. The number of nitrogens with one attached hydrogen (secondary N) is 3. The minimum atomic E-state index is -0.602. The van der Waals surface area contributed by atoms with Gasteiger partial charge in [0.1, 0.15) is 6.04 Å². The molecule has 1 unspecified atom stereocenters. The minimum Gasteiger partial charge on any atom is -0.396 e. The highest BCUT2D eigenvalue weighted by Crippen LogP contribution is 2.02. The van der Waals surface area contributed by atoms with E-state index in [1.165, 1.54) is 0 Å². The molecule has 122 valence electrons. The molecule has 0 radical (unpaired) electrons. The van der Waals surface area contributed by atoms with Gasteiger partial charge in [0.05, 0.1) is 0 Å². The topological polar surface area (TPSA) is 90.5 Å². The summed E-state index contributed by atoms with van der Waals surface area (Å²) in [6, 6.07) is 8.58. The summed E-state index contributed by atoms with van der Waals surface area (Å²) in [6.45, 7) is 4.56. The normalized spacial score (nSPS) is 11.8. The third-order valence-corrected chi connectivity index (χ3v) is 3.17. The van der Waals surface area contributed by atoms with E-state index >= 15 is 0 Å². The van der Waals surface area contributed by atoms with Crippen LogP contribution < -0.4 is 16.0 Å². The third kappa shape index (κ3) is 6.58. The van der Waals surface area contributed by atoms with Crippen molar-refractivity contribution in [1.29, 1.82) is 0 Å². The van der Waals surface area contributed by atoms with Gasteiger partial charge in [0.15, 0.2) is 0 Å². The number of urea groups is 1. The Hall–Kier alpha value is -2.08. The molecule has 1 rings (SSSR count). The fraction of sp³-hybridized carbons (Fsp3) is 0.500. The number of amides is 3. The van der Waals surface area contributed by atoms with E-state index in [0.29, 0.717) is 19.5 Å². The molecule has 22 heavy (non-hydrogen) atoms. The van der Waals surface area contributed by atoms with E-state index < -0.39 is 6.04 Å². The minimum absolute atomic E-state index is 0.0254. The van der Waals surface area contributed by atoms with E-state index in [2.05, 4.69) is 16.0 Å². The van der Waals surface area contributed by atoms with E-state index in [-0.39, 0.29) is 24.5 Å². The molecule has 1 aromatic rings. The predicted molar refractivity (Wildman–Crippen MR) is 85.2 cm³/mol. The van der Waals surface area contributed by atoms with Gasteiger partial charge in [-0.2, -0.15) is 0 Å². The molecule has 0 saturated carbocycles. The first-order valence-electron chi connectivity index (χ1n) is 7.51. The zero-order valence-electron chi connectivity index (χ0n) is 13.1. The summed E-state index contributed by atoms with van der Waals surface area (Å²) in [6.07, 6.45) is 0.497. The first-order valence-corrected chi connectivity index (χ1v) is 7.51. The Morgan fingerprint density at radius 3 is 2.41 bits per heavy atom. The monoisotopic (exact) mass is 307 g/mol. The molecule has 0 aliphatic heterocycles. The van der Waals surface area contributed by atoms with Crippen molar-refractivity contribution in [2.75, 3.05) is 13.2 Å². The lowest BCUT2D eigenvalue weighted by Crippen LogP contribution is -2.52. The molecule has 4 N–H and O–H groups in total. The van der Waals surface area contributed by atoms with Crippen molar-refractivity contribution < 1.29 is 14.7 Å². The molecule has 0 aliphatic rings. The average Bonchev–Trinajstić information content (AvgIpc) is 2.51. The number of aliphatic hydroxyl groups is 1. The summed E-state index contributed by atoms with van der Waals surface area (Å²) in [5, 5.41) is 16.8. The van der Waals surface area contributed by atoms with Gasteiger partial charge >= 0.3 is 6.03 Å². The van der Waals surface area contributed by atoms with E-state index in [0.717, 1.165) is 5.56 Å². The van der Waals surface area contributed by atoms with Gasteiger partial charge in [-0.15, -0.1) is 0 Å². The molecule has 0 spiro atoms. The largest absolute Gasteiger partial charge is 0.396 e. The fourth-order valence-corrected chi connectivity index (χ4v) is 1.91. The SMILES string of the molecule is CC(C)C(NC(=O)NCc1ccccc1)C(=O)NCCCO. The van der Waals surface area contributed by atoms with Gasteiger partial charge in [-0.25, -0.2) is 4.79 Å². The molecule has 6 heteroatoms. The Morgan fingerprint density at radius 1 is 1.14 bits per heavy atom. The van der Waals surface area contributed by atoms with Gasteiger partial charge in [-0.05, 0) is 17.9 Å². The Labute approximate surface area is 131 Å². The van der Waals surface area contributed by atoms with Crippen molar-refractivity contribution >= 4 is 11.9 Å². The average molecular weight is 307 g/mol. The second kappa shape index (κ2) is 9.78. The smallest absolute Gasteiger partial charge is 0.315 e. The van der Waals surface area contributed by atoms with Crippen LogP contribution >= 0.6 is 0 Å². The summed E-state index contributed by atoms with van der Waals surface area (Å²) < 4.78 is 0. The lowest BCUT2D eigenvalue weighted by atomic mass is 10.0. The van der Waals surface area contributed by atoms with Crippen LogP contribution in [0.15, 0.2) is 30.3 Å². The van der Waals surface area contributed by atoms with Crippen molar-refractivity contribution in [2.24, 2.45) is 5.92 Å². The van der Waals surface area contributed by atoms with E-state index in [1.807, 2.05) is 44.2 Å². The molecule has 0 heterocycles. The highest BCUT2D eigenvalue weighted by Gasteiger charge is 2.23. The van der Waals surface area contributed by atoms with Gasteiger partial charge in [-0.3, -0.25) is 4.79 Å². The Balaban J connectivity index is 2.44. The van der Waals surface area contributed by atoms with Crippen LogP contribution in [0.25, 0.3) is 0 Å². The summed E-state index contributed by atoms with van der Waals surface area (Å²) >= 11 is 0. The molecule has 0 saturated heterocycles. The fourth-order valence-electron chi connectivity index (χ4n) is 1.91. The predicted octanol–water partition coefficient (Wildman–Crippen LogP) is 1.01. The van der Waals surface area contributed by atoms with Crippen molar-refractivity contribution in [1.82, 2.24) is 16.0 Å². The summed E-state index contributed by atoms with van der Waals surface area (Å²) in [5.74, 6) is -0.269. The van der Waals surface area contributed by atoms with Crippen molar-refractivity contribution in [3.63, 3.8) is 0 Å². The van der Waals surface area contributed by atoms with E-state index in [4.69, 9.17) is 5.11 Å². The lowest BCUT2D eigenvalue weighted by Gasteiger charge is -2.22. The number of rotatable bonds is 8. The Kier molecular flexibility index (Phi) is 7.99. The van der Waals surface area contributed by atoms with Crippen LogP contribution in [0.5, 0.6) is 0 Å². The molecule has 0 aliphatic carbocycles. The standard InChI is InChI=1S/C16H25N3O3/c1-12(2)14(15(21)17-9-6-10-20)19-16(22)18-11-13-7-4-3-5-8-13/h3-5,7-8,12,14,20H,6,9-11H2,1-2H3,(H,17,21)(H2,18,19,22). The van der Waals surface area contributed by atoms with Gasteiger partial charge in [0.2, 0.25) is 5.91 Å². The van der Waals surface area contributed by atoms with Crippen LogP contribution in [0.2, 0.25) is 0 Å². The number of carbonyl (C=O) groups is 2. The Bertz CT molecular complexity index is 463. The summed E-state index contributed by atoms with van der Waals surface area (Å²) in [5.41, 5.74) is 0.992. The first-order chi connectivity index (χ1) is 10.5. The van der Waals surface area contributed by atoms with E-state index in [1.54, 1.807) is 0 Å². The summed E-state index contributed by atoms with van der Waals surface area (Å²) in [4.78, 5) is 24.0. The van der Waals surface area contributed by atoms with Gasteiger partial charge in [0.25, 0.3) is 0 Å². The van der Waals surface area contributed by atoms with Crippen molar-refractivity contribution in [3.05, 3.63) is 35.9 Å². The number of aliphatic hydroxyl groups excluding tert-OH is 1. The molecule has 0 bridgehead atoms. The van der Waals surface area contributed by atoms with Crippen molar-refractivity contribution in [3.8, 4) is 0 Å². The van der Waals surface area contributed by atoms with E-state index in [9.17, 15) is 9.59 Å². The maximum absolute atomic E-state index is 12.0. The second-order valence-corrected chi connectivity index (χ2v) is 5.40. The Morgan fingerprint density at radius 2 is 1.82 bits per heavy atom.